The van der Waals surface area contributed by atoms with Crippen LogP contribution in [0.4, 0.5) is 4.79 Å². The fraction of sp³-hybridized carbons (Fsp3) is 0.800. The third kappa shape index (κ3) is 5.49. The van der Waals surface area contributed by atoms with E-state index in [2.05, 4.69) is 23.3 Å². The van der Waals surface area contributed by atoms with E-state index in [-0.39, 0.29) is 6.03 Å². The van der Waals surface area contributed by atoms with Crippen LogP contribution in [0.1, 0.15) is 13.8 Å². The number of urea groups is 1. The highest BCUT2D eigenvalue weighted by Crippen LogP contribution is 2.04. The molecule has 3 nitrogen and oxygen atoms in total. The highest BCUT2D eigenvalue weighted by atomic mass is 32.1. The topological polar surface area (TPSA) is 41.1 Å². The van der Waals surface area contributed by atoms with Crippen molar-refractivity contribution in [3.05, 3.63) is 0 Å². The molecule has 2 amide bonds. The number of thiol groups is 1. The highest BCUT2D eigenvalue weighted by Gasteiger charge is 2.12. The van der Waals surface area contributed by atoms with Crippen molar-refractivity contribution in [2.24, 2.45) is 0 Å². The maximum absolute atomic E-state index is 10.6. The van der Waals surface area contributed by atoms with Crippen molar-refractivity contribution in [2.45, 2.75) is 18.7 Å². The average molecular weight is 148 g/mol. The van der Waals surface area contributed by atoms with Gasteiger partial charge >= 0.3 is 6.03 Å². The van der Waals surface area contributed by atoms with Crippen LogP contribution in [0.5, 0.6) is 0 Å². The molecule has 0 spiro atoms. The second-order valence-corrected chi connectivity index (χ2v) is 3.38. The van der Waals surface area contributed by atoms with Crippen LogP contribution in [-0.4, -0.2) is 17.9 Å². The van der Waals surface area contributed by atoms with E-state index in [0.717, 1.165) is 0 Å². The monoisotopic (exact) mass is 148 g/mol. The first kappa shape index (κ1) is 8.62. The van der Waals surface area contributed by atoms with E-state index < -0.39 is 4.87 Å². The Morgan fingerprint density at radius 1 is 1.56 bits per heavy atom. The third-order valence-electron chi connectivity index (χ3n) is 0.646. The number of hydrogen-bond donors (Lipinski definition) is 3. The fourth-order valence-corrected chi connectivity index (χ4v) is 0.442. The van der Waals surface area contributed by atoms with Crippen LogP contribution < -0.4 is 10.6 Å². The molecule has 0 aromatic heterocycles. The lowest BCUT2D eigenvalue weighted by Gasteiger charge is -2.18. The van der Waals surface area contributed by atoms with Gasteiger partial charge in [0, 0.05) is 7.05 Å². The predicted octanol–water partition coefficient (Wildman–Crippen LogP) is 0.581. The molecule has 0 aliphatic carbocycles. The van der Waals surface area contributed by atoms with Gasteiger partial charge in [0.1, 0.15) is 0 Å². The van der Waals surface area contributed by atoms with Crippen molar-refractivity contribution in [1.29, 1.82) is 0 Å². The summed E-state index contributed by atoms with van der Waals surface area (Å²) in [7, 11) is 1.56. The Morgan fingerprint density at radius 3 is 2.11 bits per heavy atom. The van der Waals surface area contributed by atoms with Crippen LogP contribution in [-0.2, 0) is 0 Å². The zero-order valence-corrected chi connectivity index (χ0v) is 6.75. The fourth-order valence-electron chi connectivity index (χ4n) is 0.340. The Labute approximate surface area is 60.6 Å². The summed E-state index contributed by atoms with van der Waals surface area (Å²) in [6, 6.07) is -0.213. The Bertz CT molecular complexity index is 108. The minimum Gasteiger partial charge on any atom is -0.341 e. The lowest BCUT2D eigenvalue weighted by atomic mass is 10.4. The second-order valence-electron chi connectivity index (χ2n) is 2.26. The van der Waals surface area contributed by atoms with Crippen molar-refractivity contribution < 1.29 is 4.79 Å². The lowest BCUT2D eigenvalue weighted by molar-refractivity contribution is 0.239. The smallest absolute Gasteiger partial charge is 0.315 e. The van der Waals surface area contributed by atoms with Crippen molar-refractivity contribution in [2.75, 3.05) is 7.05 Å². The molecule has 2 N–H and O–H groups in total. The number of nitrogens with one attached hydrogen (secondary N) is 2. The number of rotatable bonds is 1. The minimum atomic E-state index is -0.444. The Balaban J connectivity index is 3.60. The quantitative estimate of drug-likeness (QED) is 0.369. The van der Waals surface area contributed by atoms with Crippen molar-refractivity contribution in [1.82, 2.24) is 10.6 Å². The molecule has 54 valence electrons. The SMILES string of the molecule is CNC(=O)NC(C)(C)S. The Kier molecular flexibility index (Phi) is 2.84. The van der Waals surface area contributed by atoms with Crippen LogP contribution in [0.25, 0.3) is 0 Å². The summed E-state index contributed by atoms with van der Waals surface area (Å²) in [6.45, 7) is 3.59. The molecule has 0 aromatic carbocycles. The zero-order valence-electron chi connectivity index (χ0n) is 5.86. The van der Waals surface area contributed by atoms with Crippen LogP contribution >= 0.6 is 12.6 Å². The van der Waals surface area contributed by atoms with Gasteiger partial charge in [0.2, 0.25) is 0 Å². The van der Waals surface area contributed by atoms with Crippen molar-refractivity contribution >= 4 is 18.7 Å². The van der Waals surface area contributed by atoms with E-state index >= 15 is 0 Å². The molecule has 0 aliphatic heterocycles. The lowest BCUT2D eigenvalue weighted by Crippen LogP contribution is -2.43. The van der Waals surface area contributed by atoms with E-state index in [1.165, 1.54) is 0 Å². The van der Waals surface area contributed by atoms with E-state index in [0.29, 0.717) is 0 Å². The maximum Gasteiger partial charge on any atom is 0.315 e. The third-order valence-corrected chi connectivity index (χ3v) is 0.758. The molecule has 0 aliphatic rings. The molecule has 0 unspecified atom stereocenters. The van der Waals surface area contributed by atoms with Gasteiger partial charge in [-0.15, -0.1) is 0 Å². The molecule has 0 aromatic rings. The van der Waals surface area contributed by atoms with Gasteiger partial charge in [0.05, 0.1) is 4.87 Å². The number of amides is 2. The molecule has 0 rings (SSSR count). The van der Waals surface area contributed by atoms with E-state index in [4.69, 9.17) is 0 Å². The summed E-state index contributed by atoms with van der Waals surface area (Å²) < 4.78 is 0. The summed E-state index contributed by atoms with van der Waals surface area (Å²) in [6.07, 6.45) is 0. The highest BCUT2D eigenvalue weighted by molar-refractivity contribution is 7.81. The Morgan fingerprint density at radius 2 is 2.00 bits per heavy atom. The maximum atomic E-state index is 10.6. The van der Waals surface area contributed by atoms with Gasteiger partial charge in [-0.05, 0) is 13.8 Å². The average Bonchev–Trinajstić information content (AvgIpc) is 1.62. The van der Waals surface area contributed by atoms with Crippen LogP contribution in [0.3, 0.4) is 0 Å². The molecule has 0 bridgehead atoms. The number of carbonyl (C=O) groups excluding carboxylic acids is 1. The summed E-state index contributed by atoms with van der Waals surface area (Å²) in [5.41, 5.74) is 0. The van der Waals surface area contributed by atoms with Gasteiger partial charge in [0.15, 0.2) is 0 Å². The van der Waals surface area contributed by atoms with Gasteiger partial charge < -0.3 is 10.6 Å². The molecule has 0 atom stereocenters. The molecular formula is C5H12N2OS. The zero-order chi connectivity index (χ0) is 7.49. The van der Waals surface area contributed by atoms with E-state index in [9.17, 15) is 4.79 Å². The van der Waals surface area contributed by atoms with Crippen molar-refractivity contribution in [3.63, 3.8) is 0 Å². The van der Waals surface area contributed by atoms with Crippen molar-refractivity contribution in [3.8, 4) is 0 Å². The summed E-state index contributed by atoms with van der Waals surface area (Å²) in [5, 5.41) is 5.01. The first-order chi connectivity index (χ1) is 3.95. The molecule has 0 saturated heterocycles. The first-order valence-corrected chi connectivity index (χ1v) is 3.12. The molecule has 0 heterocycles. The summed E-state index contributed by atoms with van der Waals surface area (Å²) in [4.78, 5) is 10.1. The van der Waals surface area contributed by atoms with Gasteiger partial charge in [-0.3, -0.25) is 0 Å². The summed E-state index contributed by atoms with van der Waals surface area (Å²) in [5.74, 6) is 0. The van der Waals surface area contributed by atoms with E-state index in [1.54, 1.807) is 20.9 Å². The van der Waals surface area contributed by atoms with Gasteiger partial charge in [-0.1, -0.05) is 0 Å². The van der Waals surface area contributed by atoms with Gasteiger partial charge in [-0.25, -0.2) is 4.79 Å². The number of hydrogen-bond acceptors (Lipinski definition) is 2. The van der Waals surface area contributed by atoms with Gasteiger partial charge in [-0.2, -0.15) is 12.6 Å². The molecule has 0 radical (unpaired) electrons. The molecule has 9 heavy (non-hydrogen) atoms. The second kappa shape index (κ2) is 2.96. The molecule has 0 saturated carbocycles. The van der Waals surface area contributed by atoms with Crippen LogP contribution in [0.15, 0.2) is 0 Å². The normalized spacial score (nSPS) is 10.7. The predicted molar refractivity (Wildman–Crippen MR) is 40.7 cm³/mol. The van der Waals surface area contributed by atoms with Crippen LogP contribution in [0.2, 0.25) is 0 Å². The molecular weight excluding hydrogens is 136 g/mol. The van der Waals surface area contributed by atoms with Gasteiger partial charge in [0.25, 0.3) is 0 Å². The first-order valence-electron chi connectivity index (χ1n) is 2.68. The molecule has 4 heteroatoms. The van der Waals surface area contributed by atoms with Crippen LogP contribution in [0, 0.1) is 0 Å². The minimum absolute atomic E-state index is 0.213. The number of carbonyl (C=O) groups is 1. The Hall–Kier alpha value is -0.380. The summed E-state index contributed by atoms with van der Waals surface area (Å²) >= 11 is 4.08. The standard InChI is InChI=1S/C5H12N2OS/c1-5(2,9)7-4(8)6-3/h9H,1-3H3,(H2,6,7,8). The molecule has 0 fully saturated rings. The largest absolute Gasteiger partial charge is 0.341 e. The van der Waals surface area contributed by atoms with E-state index in [1.807, 2.05) is 0 Å².